The molecule has 1 aromatic heterocycles. The molecule has 1 amide bonds. The molecule has 0 bridgehead atoms. The van der Waals surface area contributed by atoms with Crippen molar-refractivity contribution in [3.05, 3.63) is 23.9 Å². The van der Waals surface area contributed by atoms with Crippen molar-refractivity contribution in [1.29, 1.82) is 0 Å². The van der Waals surface area contributed by atoms with Gasteiger partial charge in [-0.15, -0.1) is 0 Å². The van der Waals surface area contributed by atoms with Crippen LogP contribution in [0.5, 0.6) is 5.88 Å². The number of aliphatic imine (C=N–C) groups is 1. The molecular formula is C12H16N2O3. The van der Waals surface area contributed by atoms with E-state index in [0.29, 0.717) is 11.6 Å². The van der Waals surface area contributed by atoms with Crippen molar-refractivity contribution in [3.63, 3.8) is 0 Å². The van der Waals surface area contributed by atoms with E-state index in [1.165, 1.54) is 13.3 Å². The fraction of sp³-hybridized carbons (Fsp3) is 0.417. The lowest BCUT2D eigenvalue weighted by atomic mass is 10.2. The van der Waals surface area contributed by atoms with Crippen LogP contribution in [0, 0.1) is 0 Å². The summed E-state index contributed by atoms with van der Waals surface area (Å²) in [5.74, 6) is 0.470. The Labute approximate surface area is 100 Å². The maximum absolute atomic E-state index is 11.3. The molecule has 0 spiro atoms. The SMILES string of the molecule is COc1cccc(/C=N/C(=O)OC(C)(C)C)n1. The van der Waals surface area contributed by atoms with Gasteiger partial charge in [-0.3, -0.25) is 0 Å². The molecule has 0 N–H and O–H groups in total. The van der Waals surface area contributed by atoms with Crippen LogP contribution in [-0.2, 0) is 4.74 Å². The second-order valence-electron chi connectivity index (χ2n) is 4.34. The second-order valence-corrected chi connectivity index (χ2v) is 4.34. The van der Waals surface area contributed by atoms with Crippen LogP contribution in [0.4, 0.5) is 4.79 Å². The van der Waals surface area contributed by atoms with Crippen LogP contribution >= 0.6 is 0 Å². The summed E-state index contributed by atoms with van der Waals surface area (Å²) in [7, 11) is 1.52. The monoisotopic (exact) mass is 236 g/mol. The highest BCUT2D eigenvalue weighted by molar-refractivity contribution is 5.87. The van der Waals surface area contributed by atoms with Gasteiger partial charge in [0.25, 0.3) is 0 Å². The van der Waals surface area contributed by atoms with E-state index in [-0.39, 0.29) is 0 Å². The predicted octanol–water partition coefficient (Wildman–Crippen LogP) is 2.44. The molecule has 1 rings (SSSR count). The van der Waals surface area contributed by atoms with Gasteiger partial charge in [0.15, 0.2) is 0 Å². The van der Waals surface area contributed by atoms with Crippen LogP contribution in [-0.4, -0.2) is 30.0 Å². The number of nitrogens with zero attached hydrogens (tertiary/aromatic N) is 2. The number of carbonyl (C=O) groups is 1. The number of ether oxygens (including phenoxy) is 2. The third-order valence-corrected chi connectivity index (χ3v) is 1.65. The highest BCUT2D eigenvalue weighted by Crippen LogP contribution is 2.08. The summed E-state index contributed by atoms with van der Waals surface area (Å²) in [6.07, 6.45) is 0.707. The van der Waals surface area contributed by atoms with E-state index in [2.05, 4.69) is 9.98 Å². The minimum atomic E-state index is -0.637. The van der Waals surface area contributed by atoms with E-state index >= 15 is 0 Å². The van der Waals surface area contributed by atoms with Gasteiger partial charge < -0.3 is 9.47 Å². The number of pyridine rings is 1. The first-order valence-corrected chi connectivity index (χ1v) is 5.19. The summed E-state index contributed by atoms with van der Waals surface area (Å²) in [5, 5.41) is 0. The first kappa shape index (κ1) is 13.2. The number of aromatic nitrogens is 1. The van der Waals surface area contributed by atoms with Gasteiger partial charge in [0.05, 0.1) is 19.0 Å². The molecule has 0 aliphatic rings. The smallest absolute Gasteiger partial charge is 0.434 e. The average molecular weight is 236 g/mol. The summed E-state index contributed by atoms with van der Waals surface area (Å²) >= 11 is 0. The Morgan fingerprint density at radius 1 is 1.41 bits per heavy atom. The molecule has 5 heteroatoms. The highest BCUT2D eigenvalue weighted by Gasteiger charge is 2.14. The van der Waals surface area contributed by atoms with Gasteiger partial charge in [-0.05, 0) is 26.8 Å². The molecule has 17 heavy (non-hydrogen) atoms. The Morgan fingerprint density at radius 3 is 2.71 bits per heavy atom. The number of carbonyl (C=O) groups excluding carboxylic acids is 1. The molecule has 1 aromatic rings. The van der Waals surface area contributed by atoms with E-state index in [4.69, 9.17) is 9.47 Å². The number of methoxy groups -OCH3 is 1. The zero-order valence-electron chi connectivity index (χ0n) is 10.4. The van der Waals surface area contributed by atoms with Gasteiger partial charge in [-0.1, -0.05) is 6.07 Å². The standard InChI is InChI=1S/C12H16N2O3/c1-12(2,3)17-11(15)13-8-9-6-5-7-10(14-9)16-4/h5-8H,1-4H3/b13-8+. The quantitative estimate of drug-likeness (QED) is 0.740. The molecule has 0 fully saturated rings. The van der Waals surface area contributed by atoms with Gasteiger partial charge in [0.2, 0.25) is 5.88 Å². The van der Waals surface area contributed by atoms with Crippen molar-refractivity contribution in [3.8, 4) is 5.88 Å². The largest absolute Gasteiger partial charge is 0.481 e. The van der Waals surface area contributed by atoms with Crippen LogP contribution in [0.15, 0.2) is 23.2 Å². The summed E-state index contributed by atoms with van der Waals surface area (Å²) in [6.45, 7) is 5.35. The first-order chi connectivity index (χ1) is 7.90. The lowest BCUT2D eigenvalue weighted by Crippen LogP contribution is -2.21. The predicted molar refractivity (Wildman–Crippen MR) is 64.6 cm³/mol. The maximum atomic E-state index is 11.3. The topological polar surface area (TPSA) is 60.8 Å². The third-order valence-electron chi connectivity index (χ3n) is 1.65. The summed E-state index contributed by atoms with van der Waals surface area (Å²) in [5.41, 5.74) is -0.00818. The van der Waals surface area contributed by atoms with Gasteiger partial charge in [0, 0.05) is 6.07 Å². The van der Waals surface area contributed by atoms with E-state index in [1.54, 1.807) is 39.0 Å². The van der Waals surface area contributed by atoms with Crippen molar-refractivity contribution >= 4 is 12.3 Å². The number of hydrogen-bond acceptors (Lipinski definition) is 4. The molecular weight excluding hydrogens is 220 g/mol. The zero-order chi connectivity index (χ0) is 12.9. The zero-order valence-corrected chi connectivity index (χ0v) is 10.4. The molecule has 0 aliphatic heterocycles. The van der Waals surface area contributed by atoms with Crippen LogP contribution in [0.3, 0.4) is 0 Å². The first-order valence-electron chi connectivity index (χ1n) is 5.19. The molecule has 0 atom stereocenters. The molecule has 0 aromatic carbocycles. The van der Waals surface area contributed by atoms with Crippen LogP contribution in [0.2, 0.25) is 0 Å². The van der Waals surface area contributed by atoms with Crippen molar-refractivity contribution < 1.29 is 14.3 Å². The number of amides is 1. The fourth-order valence-electron chi connectivity index (χ4n) is 1.02. The number of rotatable bonds is 2. The molecule has 0 aliphatic carbocycles. The highest BCUT2D eigenvalue weighted by atomic mass is 16.6. The summed E-state index contributed by atoms with van der Waals surface area (Å²) in [4.78, 5) is 19.0. The van der Waals surface area contributed by atoms with Crippen molar-refractivity contribution in [2.45, 2.75) is 26.4 Å². The summed E-state index contributed by atoms with van der Waals surface area (Å²) in [6, 6.07) is 5.20. The molecule has 0 saturated heterocycles. The Hall–Kier alpha value is -1.91. The van der Waals surface area contributed by atoms with Gasteiger partial charge in [0.1, 0.15) is 5.60 Å². The number of hydrogen-bond donors (Lipinski definition) is 0. The lowest BCUT2D eigenvalue weighted by Gasteiger charge is -2.16. The minimum absolute atomic E-state index is 0.470. The Bertz CT molecular complexity index is 422. The lowest BCUT2D eigenvalue weighted by molar-refractivity contribution is 0.0605. The van der Waals surface area contributed by atoms with Crippen LogP contribution < -0.4 is 4.74 Å². The fourth-order valence-corrected chi connectivity index (χ4v) is 1.02. The molecule has 1 heterocycles. The maximum Gasteiger partial charge on any atom is 0.434 e. The Morgan fingerprint density at radius 2 is 2.12 bits per heavy atom. The normalized spacial score (nSPS) is 11.5. The molecule has 5 nitrogen and oxygen atoms in total. The molecule has 92 valence electrons. The van der Waals surface area contributed by atoms with Gasteiger partial charge in [-0.2, -0.15) is 4.99 Å². The van der Waals surface area contributed by atoms with E-state index < -0.39 is 11.7 Å². The average Bonchev–Trinajstić information content (AvgIpc) is 2.24. The van der Waals surface area contributed by atoms with E-state index in [1.807, 2.05) is 0 Å². The van der Waals surface area contributed by atoms with Crippen LogP contribution in [0.25, 0.3) is 0 Å². The van der Waals surface area contributed by atoms with Crippen molar-refractivity contribution in [1.82, 2.24) is 4.98 Å². The van der Waals surface area contributed by atoms with E-state index in [0.717, 1.165) is 0 Å². The summed E-state index contributed by atoms with van der Waals surface area (Å²) < 4.78 is 9.97. The van der Waals surface area contributed by atoms with Gasteiger partial charge >= 0.3 is 6.09 Å². The molecule has 0 unspecified atom stereocenters. The minimum Gasteiger partial charge on any atom is -0.481 e. The second kappa shape index (κ2) is 5.43. The Balaban J connectivity index is 2.67. The van der Waals surface area contributed by atoms with Crippen molar-refractivity contribution in [2.75, 3.05) is 7.11 Å². The molecule has 0 radical (unpaired) electrons. The van der Waals surface area contributed by atoms with Crippen molar-refractivity contribution in [2.24, 2.45) is 4.99 Å². The van der Waals surface area contributed by atoms with Crippen LogP contribution in [0.1, 0.15) is 26.5 Å². The van der Waals surface area contributed by atoms with E-state index in [9.17, 15) is 4.79 Å². The molecule has 0 saturated carbocycles. The van der Waals surface area contributed by atoms with Gasteiger partial charge in [-0.25, -0.2) is 9.78 Å². The Kier molecular flexibility index (Phi) is 4.20. The third kappa shape index (κ3) is 5.10.